The fourth-order valence-electron chi connectivity index (χ4n) is 1.59. The van der Waals surface area contributed by atoms with E-state index in [1.807, 2.05) is 0 Å². The van der Waals surface area contributed by atoms with E-state index in [9.17, 15) is 13.2 Å². The number of rotatable bonds is 1. The van der Waals surface area contributed by atoms with E-state index in [0.717, 1.165) is 5.56 Å². The molecule has 1 aliphatic rings. The lowest BCUT2D eigenvalue weighted by molar-refractivity contribution is -0.0328. The Labute approximate surface area is 95.0 Å². The Kier molecular flexibility index (Phi) is 3.03. The number of alkyl halides is 3. The topological polar surface area (TPSA) is 35.2 Å². The molecular weight excluding hydrogens is 239 g/mol. The first-order chi connectivity index (χ1) is 7.46. The van der Waals surface area contributed by atoms with Crippen molar-refractivity contribution < 1.29 is 17.9 Å². The van der Waals surface area contributed by atoms with Crippen LogP contribution in [-0.2, 0) is 0 Å². The molecule has 1 aromatic carbocycles. The van der Waals surface area contributed by atoms with Crippen LogP contribution in [0.4, 0.5) is 13.2 Å². The van der Waals surface area contributed by atoms with E-state index in [-0.39, 0.29) is 22.7 Å². The minimum atomic E-state index is -4.27. The zero-order valence-electron chi connectivity index (χ0n) is 8.25. The van der Waals surface area contributed by atoms with E-state index in [4.69, 9.17) is 10.5 Å². The highest BCUT2D eigenvalue weighted by Gasteiger charge is 2.30. The van der Waals surface area contributed by atoms with Gasteiger partial charge in [-0.15, -0.1) is 0 Å². The summed E-state index contributed by atoms with van der Waals surface area (Å²) in [5.41, 5.74) is 2.32. The summed E-state index contributed by atoms with van der Waals surface area (Å²) in [7, 11) is 0. The van der Waals surface area contributed by atoms with Crippen LogP contribution in [-0.4, -0.2) is 12.1 Å². The minimum Gasteiger partial charge on any atom is -0.493 e. The maximum absolute atomic E-state index is 12.1. The van der Waals surface area contributed by atoms with Gasteiger partial charge in [0.2, 0.25) is 0 Å². The monoisotopic (exact) mass is 249 g/mol. The predicted molar refractivity (Wildman–Crippen MR) is 55.4 cm³/mol. The molecule has 0 radical (unpaired) electrons. The van der Waals surface area contributed by atoms with Gasteiger partial charge in [0.1, 0.15) is 5.75 Å². The van der Waals surface area contributed by atoms with Gasteiger partial charge in [0.15, 0.2) is 0 Å². The summed E-state index contributed by atoms with van der Waals surface area (Å²) >= 11 is -0.146. The highest BCUT2D eigenvalue weighted by molar-refractivity contribution is 8.00. The number of halogens is 3. The van der Waals surface area contributed by atoms with E-state index < -0.39 is 5.51 Å². The molecule has 0 bridgehead atoms. The number of hydrogen-bond acceptors (Lipinski definition) is 3. The molecule has 0 amide bonds. The number of nitrogens with two attached hydrogens (primary N) is 1. The second-order valence-electron chi connectivity index (χ2n) is 3.49. The summed E-state index contributed by atoms with van der Waals surface area (Å²) in [5.74, 6) is 0.466. The molecule has 0 fully saturated rings. The van der Waals surface area contributed by atoms with Crippen LogP contribution >= 0.6 is 11.8 Å². The standard InChI is InChI=1S/C10H10F3NOS/c11-10(12,13)16-6-1-2-7-8(14)3-4-15-9(7)5-6/h1-2,5,8H,3-4,14H2. The largest absolute Gasteiger partial charge is 0.493 e. The van der Waals surface area contributed by atoms with E-state index in [1.54, 1.807) is 6.07 Å². The van der Waals surface area contributed by atoms with Crippen LogP contribution in [0.5, 0.6) is 5.75 Å². The van der Waals surface area contributed by atoms with Gasteiger partial charge in [0.05, 0.1) is 6.61 Å². The number of thioether (sulfide) groups is 1. The minimum absolute atomic E-state index is 0.125. The number of benzene rings is 1. The third-order valence-corrected chi connectivity index (χ3v) is 3.03. The van der Waals surface area contributed by atoms with Gasteiger partial charge < -0.3 is 10.5 Å². The number of fused-ring (bicyclic) bond motifs is 1. The maximum Gasteiger partial charge on any atom is 0.446 e. The SMILES string of the molecule is NC1CCOc2cc(SC(F)(F)F)ccc21. The van der Waals surface area contributed by atoms with Crippen molar-refractivity contribution in [3.05, 3.63) is 23.8 Å². The molecule has 0 spiro atoms. The summed E-state index contributed by atoms with van der Waals surface area (Å²) in [6.07, 6.45) is 0.693. The maximum atomic E-state index is 12.1. The normalized spacial score (nSPS) is 20.1. The second-order valence-corrected chi connectivity index (χ2v) is 4.63. The predicted octanol–water partition coefficient (Wildman–Crippen LogP) is 3.08. The molecule has 1 aromatic rings. The number of ether oxygens (including phenoxy) is 1. The average molecular weight is 249 g/mol. The molecule has 0 saturated carbocycles. The molecule has 1 heterocycles. The van der Waals surface area contributed by atoms with Gasteiger partial charge in [-0.1, -0.05) is 6.07 Å². The van der Waals surface area contributed by atoms with Crippen molar-refractivity contribution >= 4 is 11.8 Å². The third-order valence-electron chi connectivity index (χ3n) is 2.30. The molecule has 6 heteroatoms. The summed E-state index contributed by atoms with van der Waals surface area (Å²) in [6, 6.07) is 4.28. The Morgan fingerprint density at radius 2 is 2.12 bits per heavy atom. The molecule has 1 unspecified atom stereocenters. The van der Waals surface area contributed by atoms with Gasteiger partial charge in [-0.25, -0.2) is 0 Å². The second kappa shape index (κ2) is 4.18. The number of hydrogen-bond donors (Lipinski definition) is 1. The lowest BCUT2D eigenvalue weighted by Gasteiger charge is -2.23. The van der Waals surface area contributed by atoms with Crippen LogP contribution in [0, 0.1) is 0 Å². The van der Waals surface area contributed by atoms with Gasteiger partial charge in [0.25, 0.3) is 0 Å². The van der Waals surface area contributed by atoms with Crippen molar-refractivity contribution in [2.45, 2.75) is 22.9 Å². The molecular formula is C10H10F3NOS. The smallest absolute Gasteiger partial charge is 0.446 e. The molecule has 2 N–H and O–H groups in total. The zero-order chi connectivity index (χ0) is 11.8. The van der Waals surface area contributed by atoms with Crippen molar-refractivity contribution in [3.63, 3.8) is 0 Å². The van der Waals surface area contributed by atoms with Crippen LogP contribution in [0.1, 0.15) is 18.0 Å². The molecule has 0 saturated heterocycles. The lowest BCUT2D eigenvalue weighted by atomic mass is 10.0. The summed E-state index contributed by atoms with van der Waals surface area (Å²) in [6.45, 7) is 0.453. The van der Waals surface area contributed by atoms with Crippen molar-refractivity contribution in [1.29, 1.82) is 0 Å². The first-order valence-electron chi connectivity index (χ1n) is 4.74. The molecule has 2 rings (SSSR count). The van der Waals surface area contributed by atoms with Crippen molar-refractivity contribution in [1.82, 2.24) is 0 Å². The molecule has 0 aliphatic carbocycles. The van der Waals surface area contributed by atoms with Crippen LogP contribution in [0.3, 0.4) is 0 Å². The highest BCUT2D eigenvalue weighted by atomic mass is 32.2. The Balaban J connectivity index is 2.25. The van der Waals surface area contributed by atoms with Crippen molar-refractivity contribution in [2.24, 2.45) is 5.73 Å². The Hall–Kier alpha value is -0.880. The van der Waals surface area contributed by atoms with E-state index in [1.165, 1.54) is 12.1 Å². The molecule has 16 heavy (non-hydrogen) atoms. The zero-order valence-corrected chi connectivity index (χ0v) is 9.07. The Bertz CT molecular complexity index is 394. The van der Waals surface area contributed by atoms with E-state index in [0.29, 0.717) is 18.8 Å². The lowest BCUT2D eigenvalue weighted by Crippen LogP contribution is -2.20. The molecule has 2 nitrogen and oxygen atoms in total. The van der Waals surface area contributed by atoms with Crippen LogP contribution < -0.4 is 10.5 Å². The summed E-state index contributed by atoms with van der Waals surface area (Å²) in [4.78, 5) is 0.125. The molecule has 88 valence electrons. The van der Waals surface area contributed by atoms with Crippen LogP contribution in [0.2, 0.25) is 0 Å². The molecule has 0 aromatic heterocycles. The quantitative estimate of drug-likeness (QED) is 0.777. The molecule has 1 aliphatic heterocycles. The fourth-order valence-corrected chi connectivity index (χ4v) is 2.16. The third kappa shape index (κ3) is 2.62. The van der Waals surface area contributed by atoms with Gasteiger partial charge in [-0.05, 0) is 23.9 Å². The van der Waals surface area contributed by atoms with Gasteiger partial charge in [0, 0.05) is 22.9 Å². The Morgan fingerprint density at radius 3 is 2.81 bits per heavy atom. The molecule has 1 atom stereocenters. The van der Waals surface area contributed by atoms with E-state index >= 15 is 0 Å². The fraction of sp³-hybridized carbons (Fsp3) is 0.400. The Morgan fingerprint density at radius 1 is 1.38 bits per heavy atom. The van der Waals surface area contributed by atoms with Gasteiger partial charge in [-0.3, -0.25) is 0 Å². The van der Waals surface area contributed by atoms with Crippen LogP contribution in [0.25, 0.3) is 0 Å². The first-order valence-corrected chi connectivity index (χ1v) is 5.55. The summed E-state index contributed by atoms with van der Waals surface area (Å²) in [5, 5.41) is 0. The summed E-state index contributed by atoms with van der Waals surface area (Å²) < 4.78 is 41.7. The van der Waals surface area contributed by atoms with Gasteiger partial charge in [-0.2, -0.15) is 13.2 Å². The van der Waals surface area contributed by atoms with Crippen LogP contribution in [0.15, 0.2) is 23.1 Å². The highest BCUT2D eigenvalue weighted by Crippen LogP contribution is 2.40. The van der Waals surface area contributed by atoms with E-state index in [2.05, 4.69) is 0 Å². The first kappa shape index (κ1) is 11.6. The van der Waals surface area contributed by atoms with Gasteiger partial charge >= 0.3 is 5.51 Å². The van der Waals surface area contributed by atoms with Crippen molar-refractivity contribution in [3.8, 4) is 5.75 Å². The average Bonchev–Trinajstić information content (AvgIpc) is 2.15. The van der Waals surface area contributed by atoms with Crippen molar-refractivity contribution in [2.75, 3.05) is 6.61 Å².